The van der Waals surface area contributed by atoms with Crippen LogP contribution in [0.3, 0.4) is 0 Å². The summed E-state index contributed by atoms with van der Waals surface area (Å²) in [6, 6.07) is 9.47. The van der Waals surface area contributed by atoms with Crippen LogP contribution in [-0.2, 0) is 15.0 Å². The second kappa shape index (κ2) is 14.8. The summed E-state index contributed by atoms with van der Waals surface area (Å²) in [4.78, 5) is 28.0. The number of hydrogen-bond donors (Lipinski definition) is 1. The number of anilines is 1. The van der Waals surface area contributed by atoms with Crippen molar-refractivity contribution in [2.75, 3.05) is 25.5 Å². The van der Waals surface area contributed by atoms with Crippen molar-refractivity contribution in [3.63, 3.8) is 0 Å². The number of carbonyl (C=O) groups is 2. The lowest BCUT2D eigenvalue weighted by Gasteiger charge is -2.23. The van der Waals surface area contributed by atoms with E-state index in [9.17, 15) is 9.59 Å². The first-order chi connectivity index (χ1) is 17.5. The van der Waals surface area contributed by atoms with Crippen LogP contribution in [0.15, 0.2) is 30.3 Å². The van der Waals surface area contributed by atoms with Gasteiger partial charge in [0.05, 0.1) is 25.0 Å². The lowest BCUT2D eigenvalue weighted by molar-refractivity contribution is -0.135. The van der Waals surface area contributed by atoms with Gasteiger partial charge in [-0.3, -0.25) is 9.59 Å². The van der Waals surface area contributed by atoms with E-state index < -0.39 is 0 Å². The molecule has 206 valence electrons. The van der Waals surface area contributed by atoms with Crippen molar-refractivity contribution >= 4 is 17.6 Å². The molecular weight excluding hydrogens is 464 g/mol. The summed E-state index contributed by atoms with van der Waals surface area (Å²) in [5.41, 5.74) is 1.50. The number of methoxy groups -OCH3 is 1. The standard InChI is InChI=1S/C30H48N4O3/c1-8-9-10-11-12-13-14-29(36)33(20-19-23(2)3)22-28(35)31-27-21-26(30(4,5)6)32-34(27)24-15-17-25(37-7)18-16-24/h15-18,21,23H,8-14,19-20,22H2,1-7H3,(H,31,35). The average molecular weight is 513 g/mol. The molecule has 0 bridgehead atoms. The molecule has 0 aliphatic rings. The molecule has 7 heteroatoms. The number of rotatable bonds is 15. The third-order valence-electron chi connectivity index (χ3n) is 6.47. The Labute approximate surface area is 224 Å². The fourth-order valence-electron chi connectivity index (χ4n) is 4.03. The minimum absolute atomic E-state index is 0.0417. The molecule has 0 unspecified atom stereocenters. The van der Waals surface area contributed by atoms with Crippen LogP contribution in [0.2, 0.25) is 0 Å². The van der Waals surface area contributed by atoms with Gasteiger partial charge >= 0.3 is 0 Å². The number of carbonyl (C=O) groups excluding carboxylic acids is 2. The summed E-state index contributed by atoms with van der Waals surface area (Å²) in [5.74, 6) is 1.65. The molecule has 0 radical (unpaired) electrons. The zero-order chi connectivity index (χ0) is 27.4. The lowest BCUT2D eigenvalue weighted by Crippen LogP contribution is -2.39. The minimum Gasteiger partial charge on any atom is -0.497 e. The molecular formula is C30H48N4O3. The first kappa shape index (κ1) is 30.4. The van der Waals surface area contributed by atoms with Crippen molar-refractivity contribution < 1.29 is 14.3 Å². The van der Waals surface area contributed by atoms with Gasteiger partial charge in [-0.15, -0.1) is 0 Å². The molecule has 0 spiro atoms. The fourth-order valence-corrected chi connectivity index (χ4v) is 4.03. The number of benzene rings is 1. The summed E-state index contributed by atoms with van der Waals surface area (Å²) < 4.78 is 7.03. The number of aromatic nitrogens is 2. The van der Waals surface area contributed by atoms with E-state index in [1.165, 1.54) is 25.7 Å². The van der Waals surface area contributed by atoms with Gasteiger partial charge in [-0.25, -0.2) is 4.68 Å². The predicted molar refractivity (Wildman–Crippen MR) is 151 cm³/mol. The molecule has 1 heterocycles. The molecule has 0 saturated heterocycles. The van der Waals surface area contributed by atoms with Crippen molar-refractivity contribution in [1.29, 1.82) is 0 Å². The summed E-state index contributed by atoms with van der Waals surface area (Å²) in [7, 11) is 1.63. The second-order valence-corrected chi connectivity index (χ2v) is 11.3. The Kier molecular flexibility index (Phi) is 12.2. The fraction of sp³-hybridized carbons (Fsp3) is 0.633. The van der Waals surface area contributed by atoms with E-state index in [0.29, 0.717) is 24.7 Å². The predicted octanol–water partition coefficient (Wildman–Crippen LogP) is 6.74. The molecule has 2 rings (SSSR count). The van der Waals surface area contributed by atoms with Gasteiger partial charge in [0, 0.05) is 24.4 Å². The Bertz CT molecular complexity index is 974. The topological polar surface area (TPSA) is 76.5 Å². The van der Waals surface area contributed by atoms with Crippen molar-refractivity contribution in [3.8, 4) is 11.4 Å². The number of nitrogens with one attached hydrogen (secondary N) is 1. The SMILES string of the molecule is CCCCCCCCC(=O)N(CCC(C)C)CC(=O)Nc1cc(C(C)(C)C)nn1-c1ccc(OC)cc1. The third kappa shape index (κ3) is 10.2. The van der Waals surface area contributed by atoms with Crippen LogP contribution in [0.4, 0.5) is 5.82 Å². The smallest absolute Gasteiger partial charge is 0.245 e. The van der Waals surface area contributed by atoms with Gasteiger partial charge in [0.15, 0.2) is 0 Å². The second-order valence-electron chi connectivity index (χ2n) is 11.3. The van der Waals surface area contributed by atoms with E-state index in [1.54, 1.807) is 16.7 Å². The Morgan fingerprint density at radius 2 is 1.70 bits per heavy atom. The highest BCUT2D eigenvalue weighted by molar-refractivity contribution is 5.94. The Morgan fingerprint density at radius 1 is 1.05 bits per heavy atom. The number of nitrogens with zero attached hydrogens (tertiary/aromatic N) is 3. The zero-order valence-electron chi connectivity index (χ0n) is 24.1. The maximum Gasteiger partial charge on any atom is 0.245 e. The number of unbranched alkanes of at least 4 members (excludes halogenated alkanes) is 5. The van der Waals surface area contributed by atoms with E-state index in [4.69, 9.17) is 9.84 Å². The van der Waals surface area contributed by atoms with E-state index in [1.807, 2.05) is 30.3 Å². The molecule has 1 aromatic heterocycles. The number of hydrogen-bond acceptors (Lipinski definition) is 4. The van der Waals surface area contributed by atoms with Crippen molar-refractivity contribution in [2.24, 2.45) is 5.92 Å². The van der Waals surface area contributed by atoms with Crippen LogP contribution in [0.25, 0.3) is 5.69 Å². The largest absolute Gasteiger partial charge is 0.497 e. The van der Waals surface area contributed by atoms with Gasteiger partial charge in [-0.05, 0) is 43.0 Å². The minimum atomic E-state index is -0.213. The van der Waals surface area contributed by atoms with Crippen LogP contribution < -0.4 is 10.1 Å². The summed E-state index contributed by atoms with van der Waals surface area (Å²) in [6.07, 6.45) is 8.16. The monoisotopic (exact) mass is 512 g/mol. The van der Waals surface area contributed by atoms with Crippen LogP contribution in [-0.4, -0.2) is 46.7 Å². The van der Waals surface area contributed by atoms with E-state index in [2.05, 4.69) is 46.9 Å². The number of ether oxygens (including phenoxy) is 1. The van der Waals surface area contributed by atoms with Gasteiger partial charge in [0.1, 0.15) is 11.6 Å². The van der Waals surface area contributed by atoms with Gasteiger partial charge in [-0.2, -0.15) is 5.10 Å². The van der Waals surface area contributed by atoms with Crippen LogP contribution in [0.1, 0.15) is 98.6 Å². The molecule has 2 amide bonds. The van der Waals surface area contributed by atoms with Gasteiger partial charge in [-0.1, -0.05) is 73.6 Å². The molecule has 37 heavy (non-hydrogen) atoms. The zero-order valence-corrected chi connectivity index (χ0v) is 24.1. The maximum absolute atomic E-state index is 13.2. The molecule has 0 aliphatic heterocycles. The normalized spacial score (nSPS) is 11.6. The molecule has 0 fully saturated rings. The van der Waals surface area contributed by atoms with Gasteiger partial charge in [0.25, 0.3) is 0 Å². The van der Waals surface area contributed by atoms with Crippen LogP contribution >= 0.6 is 0 Å². The molecule has 1 N–H and O–H groups in total. The molecule has 0 atom stereocenters. The number of amides is 2. The van der Waals surface area contributed by atoms with Crippen LogP contribution in [0.5, 0.6) is 5.75 Å². The Morgan fingerprint density at radius 3 is 2.30 bits per heavy atom. The molecule has 2 aromatic rings. The first-order valence-corrected chi connectivity index (χ1v) is 13.9. The molecule has 7 nitrogen and oxygen atoms in total. The lowest BCUT2D eigenvalue weighted by atomic mass is 9.92. The maximum atomic E-state index is 13.2. The van der Waals surface area contributed by atoms with Gasteiger partial charge in [0.2, 0.25) is 11.8 Å². The van der Waals surface area contributed by atoms with Gasteiger partial charge < -0.3 is 15.0 Å². The average Bonchev–Trinajstić information content (AvgIpc) is 3.28. The molecule has 0 saturated carbocycles. The quantitative estimate of drug-likeness (QED) is 0.268. The highest BCUT2D eigenvalue weighted by atomic mass is 16.5. The summed E-state index contributed by atoms with van der Waals surface area (Å²) in [6.45, 7) is 13.4. The highest BCUT2D eigenvalue weighted by Gasteiger charge is 2.23. The van der Waals surface area contributed by atoms with E-state index in [0.717, 1.165) is 36.4 Å². The summed E-state index contributed by atoms with van der Waals surface area (Å²) in [5, 5.41) is 7.82. The molecule has 1 aromatic carbocycles. The van der Waals surface area contributed by atoms with Crippen molar-refractivity contribution in [3.05, 3.63) is 36.0 Å². The first-order valence-electron chi connectivity index (χ1n) is 13.9. The van der Waals surface area contributed by atoms with E-state index >= 15 is 0 Å². The van der Waals surface area contributed by atoms with Crippen molar-refractivity contribution in [1.82, 2.24) is 14.7 Å². The van der Waals surface area contributed by atoms with Crippen molar-refractivity contribution in [2.45, 2.75) is 98.3 Å². The van der Waals surface area contributed by atoms with E-state index in [-0.39, 0.29) is 23.8 Å². The molecule has 0 aliphatic carbocycles. The summed E-state index contributed by atoms with van der Waals surface area (Å²) >= 11 is 0. The Balaban J connectivity index is 2.14. The Hall–Kier alpha value is -2.83. The van der Waals surface area contributed by atoms with Crippen LogP contribution in [0, 0.1) is 5.92 Å². The highest BCUT2D eigenvalue weighted by Crippen LogP contribution is 2.27. The third-order valence-corrected chi connectivity index (χ3v) is 6.47.